The maximum absolute atomic E-state index is 12.1. The number of methoxy groups -OCH3 is 1. The van der Waals surface area contributed by atoms with E-state index in [-0.39, 0.29) is 41.8 Å². The van der Waals surface area contributed by atoms with E-state index in [1.165, 1.54) is 0 Å². The van der Waals surface area contributed by atoms with Crippen LogP contribution in [0.3, 0.4) is 0 Å². The molecule has 6 nitrogen and oxygen atoms in total. The van der Waals surface area contributed by atoms with E-state index in [9.17, 15) is 9.59 Å². The number of hydrogen-bond donors (Lipinski definition) is 3. The molecule has 1 fully saturated rings. The smallest absolute Gasteiger partial charge is 0.239 e. The quantitative estimate of drug-likeness (QED) is 0.618. The van der Waals surface area contributed by atoms with Crippen molar-refractivity contribution in [3.63, 3.8) is 0 Å². The molecule has 3 atom stereocenters. The van der Waals surface area contributed by atoms with Gasteiger partial charge < -0.3 is 21.1 Å². The molecule has 0 aliphatic heterocycles. The first kappa shape index (κ1) is 18.9. The molecule has 6 heteroatoms. The lowest BCUT2D eigenvalue weighted by atomic mass is 9.58. The second-order valence-electron chi connectivity index (χ2n) is 6.51. The molecule has 0 heterocycles. The van der Waals surface area contributed by atoms with Gasteiger partial charge in [0, 0.05) is 18.6 Å². The lowest BCUT2D eigenvalue weighted by Gasteiger charge is -2.55. The van der Waals surface area contributed by atoms with Gasteiger partial charge in [-0.2, -0.15) is 0 Å². The summed E-state index contributed by atoms with van der Waals surface area (Å²) in [6.45, 7) is 7.96. The molecule has 0 saturated heterocycles. The van der Waals surface area contributed by atoms with Crippen LogP contribution in [0.2, 0.25) is 0 Å². The van der Waals surface area contributed by atoms with Crippen LogP contribution < -0.4 is 16.4 Å². The zero-order valence-corrected chi connectivity index (χ0v) is 14.4. The van der Waals surface area contributed by atoms with Crippen LogP contribution in [-0.2, 0) is 14.3 Å². The van der Waals surface area contributed by atoms with Crippen molar-refractivity contribution >= 4 is 11.8 Å². The second-order valence-corrected chi connectivity index (χ2v) is 6.51. The molecular weight excluding hydrogens is 282 g/mol. The number of carbonyl (C=O) groups is 2. The van der Waals surface area contributed by atoms with Gasteiger partial charge in [-0.15, -0.1) is 0 Å². The minimum atomic E-state index is -0.584. The van der Waals surface area contributed by atoms with Crippen LogP contribution in [0.25, 0.3) is 0 Å². The van der Waals surface area contributed by atoms with Crippen LogP contribution in [0.1, 0.15) is 47.0 Å². The molecule has 1 saturated carbocycles. The summed E-state index contributed by atoms with van der Waals surface area (Å²) in [5.74, 6) is -0.411. The van der Waals surface area contributed by atoms with Crippen molar-refractivity contribution in [3.05, 3.63) is 0 Å². The van der Waals surface area contributed by atoms with Crippen LogP contribution >= 0.6 is 0 Å². The summed E-state index contributed by atoms with van der Waals surface area (Å²) < 4.78 is 5.51. The molecule has 0 bridgehead atoms. The summed E-state index contributed by atoms with van der Waals surface area (Å²) in [5, 5.41) is 5.62. The van der Waals surface area contributed by atoms with E-state index in [4.69, 9.17) is 10.5 Å². The number of hydrogen-bond acceptors (Lipinski definition) is 4. The van der Waals surface area contributed by atoms with Crippen molar-refractivity contribution in [2.45, 2.75) is 65.1 Å². The van der Waals surface area contributed by atoms with Crippen LogP contribution in [0.4, 0.5) is 0 Å². The Kier molecular flexibility index (Phi) is 6.81. The average Bonchev–Trinajstić information content (AvgIpc) is 2.49. The fourth-order valence-electron chi connectivity index (χ4n) is 3.31. The van der Waals surface area contributed by atoms with E-state index in [2.05, 4.69) is 24.5 Å². The lowest BCUT2D eigenvalue weighted by molar-refractivity contribution is -0.141. The molecule has 22 heavy (non-hydrogen) atoms. The fourth-order valence-corrected chi connectivity index (χ4v) is 3.31. The summed E-state index contributed by atoms with van der Waals surface area (Å²) in [5.41, 5.74) is 5.75. The molecule has 4 N–H and O–H groups in total. The second kappa shape index (κ2) is 7.92. The van der Waals surface area contributed by atoms with Gasteiger partial charge in [-0.1, -0.05) is 27.7 Å². The monoisotopic (exact) mass is 313 g/mol. The zero-order chi connectivity index (χ0) is 16.9. The highest BCUT2D eigenvalue weighted by molar-refractivity contribution is 5.87. The Labute approximate surface area is 133 Å². The standard InChI is InChI=1S/C16H31N3O3/c1-6-16(7-2)11(8-12(16)22-5)19-13(20)9-18-15(21)14(17)10(3)4/h10-12,14H,6-9,17H2,1-5H3,(H,18,21)(H,19,20)/t11?,12?,14-/m0/s1. The Bertz CT molecular complexity index is 394. The summed E-state index contributed by atoms with van der Waals surface area (Å²) in [6.07, 6.45) is 2.93. The predicted octanol–water partition coefficient (Wildman–Crippen LogP) is 0.796. The third-order valence-corrected chi connectivity index (χ3v) is 5.17. The van der Waals surface area contributed by atoms with Crippen molar-refractivity contribution in [2.75, 3.05) is 13.7 Å². The van der Waals surface area contributed by atoms with Gasteiger partial charge in [0.2, 0.25) is 11.8 Å². The Morgan fingerprint density at radius 3 is 2.36 bits per heavy atom. The van der Waals surface area contributed by atoms with Gasteiger partial charge in [-0.05, 0) is 25.2 Å². The number of amides is 2. The van der Waals surface area contributed by atoms with Crippen molar-refractivity contribution in [1.29, 1.82) is 0 Å². The summed E-state index contributed by atoms with van der Waals surface area (Å²) in [7, 11) is 1.72. The topological polar surface area (TPSA) is 93.5 Å². The van der Waals surface area contributed by atoms with Gasteiger partial charge in [0.05, 0.1) is 18.7 Å². The van der Waals surface area contributed by atoms with Crippen molar-refractivity contribution < 1.29 is 14.3 Å². The van der Waals surface area contributed by atoms with Gasteiger partial charge in [0.1, 0.15) is 0 Å². The van der Waals surface area contributed by atoms with Crippen molar-refractivity contribution in [1.82, 2.24) is 10.6 Å². The van der Waals surface area contributed by atoms with E-state index in [0.29, 0.717) is 0 Å². The Hall–Kier alpha value is -1.14. The average molecular weight is 313 g/mol. The van der Waals surface area contributed by atoms with E-state index in [1.54, 1.807) is 7.11 Å². The Morgan fingerprint density at radius 2 is 1.91 bits per heavy atom. The van der Waals surface area contributed by atoms with E-state index < -0.39 is 6.04 Å². The van der Waals surface area contributed by atoms with Crippen LogP contribution in [-0.4, -0.2) is 43.7 Å². The molecule has 0 aromatic rings. The SMILES string of the molecule is CCC1(CC)C(NC(=O)CNC(=O)[C@@H](N)C(C)C)CC1OC. The molecule has 2 amide bonds. The zero-order valence-electron chi connectivity index (χ0n) is 14.4. The molecule has 1 aliphatic carbocycles. The van der Waals surface area contributed by atoms with Gasteiger partial charge in [0.25, 0.3) is 0 Å². The molecule has 1 rings (SSSR count). The van der Waals surface area contributed by atoms with Crippen LogP contribution in [0, 0.1) is 11.3 Å². The highest BCUT2D eigenvalue weighted by atomic mass is 16.5. The number of carbonyl (C=O) groups excluding carboxylic acids is 2. The van der Waals surface area contributed by atoms with Gasteiger partial charge in [-0.3, -0.25) is 9.59 Å². The number of nitrogens with one attached hydrogen (secondary N) is 2. The van der Waals surface area contributed by atoms with Crippen molar-refractivity contribution in [2.24, 2.45) is 17.1 Å². The number of ether oxygens (including phenoxy) is 1. The predicted molar refractivity (Wildman–Crippen MR) is 86.2 cm³/mol. The van der Waals surface area contributed by atoms with E-state index in [1.807, 2.05) is 13.8 Å². The largest absolute Gasteiger partial charge is 0.381 e. The summed E-state index contributed by atoms with van der Waals surface area (Å²) >= 11 is 0. The summed E-state index contributed by atoms with van der Waals surface area (Å²) in [6, 6.07) is -0.477. The first-order valence-corrected chi connectivity index (χ1v) is 8.17. The van der Waals surface area contributed by atoms with Crippen molar-refractivity contribution in [3.8, 4) is 0 Å². The highest BCUT2D eigenvalue weighted by Crippen LogP contribution is 2.48. The lowest BCUT2D eigenvalue weighted by Crippen LogP contribution is -2.65. The third-order valence-electron chi connectivity index (χ3n) is 5.17. The van der Waals surface area contributed by atoms with Gasteiger partial charge in [-0.25, -0.2) is 0 Å². The summed E-state index contributed by atoms with van der Waals surface area (Å²) in [4.78, 5) is 23.8. The molecule has 0 aromatic carbocycles. The molecule has 0 aromatic heterocycles. The van der Waals surface area contributed by atoms with Crippen LogP contribution in [0.15, 0.2) is 0 Å². The molecule has 2 unspecified atom stereocenters. The van der Waals surface area contributed by atoms with Gasteiger partial charge >= 0.3 is 0 Å². The maximum atomic E-state index is 12.1. The first-order chi connectivity index (χ1) is 10.3. The molecule has 128 valence electrons. The third kappa shape index (κ3) is 3.79. The maximum Gasteiger partial charge on any atom is 0.239 e. The first-order valence-electron chi connectivity index (χ1n) is 8.17. The molecular formula is C16H31N3O3. The molecule has 1 aliphatic rings. The van der Waals surface area contributed by atoms with E-state index >= 15 is 0 Å². The minimum absolute atomic E-state index is 0.00273. The highest BCUT2D eigenvalue weighted by Gasteiger charge is 2.53. The minimum Gasteiger partial charge on any atom is -0.381 e. The number of nitrogens with two attached hydrogens (primary N) is 1. The Morgan fingerprint density at radius 1 is 1.32 bits per heavy atom. The fraction of sp³-hybridized carbons (Fsp3) is 0.875. The van der Waals surface area contributed by atoms with E-state index in [0.717, 1.165) is 19.3 Å². The van der Waals surface area contributed by atoms with Crippen LogP contribution in [0.5, 0.6) is 0 Å². The molecule has 0 radical (unpaired) electrons. The molecule has 0 spiro atoms. The number of rotatable bonds is 8. The normalized spacial score (nSPS) is 24.5. The Balaban J connectivity index is 2.48. The van der Waals surface area contributed by atoms with Gasteiger partial charge in [0.15, 0.2) is 0 Å².